The van der Waals surface area contributed by atoms with Crippen LogP contribution in [0.15, 0.2) is 22.7 Å². The lowest BCUT2D eigenvalue weighted by Crippen LogP contribution is -2.34. The molecule has 0 spiro atoms. The predicted molar refractivity (Wildman–Crippen MR) is 108 cm³/mol. The van der Waals surface area contributed by atoms with Gasteiger partial charge in [-0.25, -0.2) is 0 Å². The van der Waals surface area contributed by atoms with Gasteiger partial charge in [0.25, 0.3) is 0 Å². The van der Waals surface area contributed by atoms with Gasteiger partial charge in [-0.2, -0.15) is 0 Å². The number of thioether (sulfide) groups is 1. The first-order valence-electron chi connectivity index (χ1n) is 10.0. The maximum absolute atomic E-state index is 10.9. The lowest BCUT2D eigenvalue weighted by Gasteiger charge is -2.32. The Hall–Kier alpha value is -0.850. The van der Waals surface area contributed by atoms with Crippen LogP contribution in [0.2, 0.25) is 0 Å². The molecule has 0 aliphatic heterocycles. The summed E-state index contributed by atoms with van der Waals surface area (Å²) in [7, 11) is 0. The highest BCUT2D eigenvalue weighted by Crippen LogP contribution is 2.37. The van der Waals surface area contributed by atoms with Crippen molar-refractivity contribution >= 4 is 23.1 Å². The third kappa shape index (κ3) is 4.34. The summed E-state index contributed by atoms with van der Waals surface area (Å²) in [4.78, 5) is 1.34. The molecule has 0 bridgehead atoms. The molecule has 142 valence electrons. The molecule has 0 radical (unpaired) electrons. The van der Waals surface area contributed by atoms with Gasteiger partial charge in [-0.15, -0.1) is 21.5 Å². The number of hydrogen-bond acceptors (Lipinski definition) is 5. The molecule has 0 saturated heterocycles. The summed E-state index contributed by atoms with van der Waals surface area (Å²) in [5.41, 5.74) is -0.514. The van der Waals surface area contributed by atoms with Crippen LogP contribution >= 0.6 is 23.1 Å². The van der Waals surface area contributed by atoms with Crippen LogP contribution in [0.5, 0.6) is 0 Å². The van der Waals surface area contributed by atoms with Gasteiger partial charge < -0.3 is 9.67 Å². The number of aromatic nitrogens is 3. The van der Waals surface area contributed by atoms with Crippen LogP contribution in [0.3, 0.4) is 0 Å². The number of thiophene rings is 1. The van der Waals surface area contributed by atoms with E-state index in [2.05, 4.69) is 32.3 Å². The highest BCUT2D eigenvalue weighted by atomic mass is 32.2. The molecule has 0 amide bonds. The zero-order chi connectivity index (χ0) is 17.8. The van der Waals surface area contributed by atoms with Gasteiger partial charge in [0.2, 0.25) is 0 Å². The molecule has 2 aromatic rings. The number of nitrogens with zero attached hydrogens (tertiary/aromatic N) is 3. The lowest BCUT2D eigenvalue weighted by atomic mass is 9.86. The minimum Gasteiger partial charge on any atom is -0.389 e. The van der Waals surface area contributed by atoms with Gasteiger partial charge in [0.1, 0.15) is 5.82 Å². The fourth-order valence-corrected chi connectivity index (χ4v) is 6.23. The quantitative estimate of drug-likeness (QED) is 0.686. The summed E-state index contributed by atoms with van der Waals surface area (Å²) in [5.74, 6) is 1.84. The standard InChI is InChI=1S/C20H29N3OS2/c24-20(11-5-2-6-12-20)15-26-19-22-21-18(14-17-10-7-13-25-17)23(19)16-8-3-1-4-9-16/h7,10,13,16,24H,1-6,8-9,11-12,14-15H2. The van der Waals surface area contributed by atoms with Crippen molar-refractivity contribution in [1.82, 2.24) is 14.8 Å². The van der Waals surface area contributed by atoms with Crippen LogP contribution in [0, 0.1) is 0 Å². The first kappa shape index (κ1) is 18.5. The van der Waals surface area contributed by atoms with Gasteiger partial charge in [-0.1, -0.05) is 56.4 Å². The Bertz CT molecular complexity index is 686. The number of aliphatic hydroxyl groups is 1. The molecule has 2 heterocycles. The normalized spacial score (nSPS) is 21.1. The molecule has 2 aromatic heterocycles. The van der Waals surface area contributed by atoms with Crippen LogP contribution in [-0.4, -0.2) is 31.2 Å². The van der Waals surface area contributed by atoms with Gasteiger partial charge in [0.15, 0.2) is 5.16 Å². The number of hydrogen-bond donors (Lipinski definition) is 1. The molecule has 1 N–H and O–H groups in total. The Morgan fingerprint density at radius 2 is 1.88 bits per heavy atom. The van der Waals surface area contributed by atoms with Crippen LogP contribution in [-0.2, 0) is 6.42 Å². The third-order valence-electron chi connectivity index (χ3n) is 5.84. The fraction of sp³-hybridized carbons (Fsp3) is 0.700. The van der Waals surface area contributed by atoms with E-state index in [1.165, 1.54) is 43.4 Å². The molecule has 0 unspecified atom stereocenters. The van der Waals surface area contributed by atoms with Crippen molar-refractivity contribution in [2.24, 2.45) is 0 Å². The van der Waals surface area contributed by atoms with E-state index in [1.807, 2.05) is 0 Å². The van der Waals surface area contributed by atoms with E-state index >= 15 is 0 Å². The molecule has 4 nitrogen and oxygen atoms in total. The molecule has 6 heteroatoms. The van der Waals surface area contributed by atoms with Gasteiger partial charge in [-0.3, -0.25) is 0 Å². The molecule has 4 rings (SSSR count). The monoisotopic (exact) mass is 391 g/mol. The minimum atomic E-state index is -0.514. The summed E-state index contributed by atoms with van der Waals surface area (Å²) in [5, 5.41) is 23.1. The SMILES string of the molecule is OC1(CSc2nnc(Cc3cccs3)n2C2CCCCC2)CCCCC1. The summed E-state index contributed by atoms with van der Waals surface area (Å²) in [6.07, 6.45) is 12.7. The van der Waals surface area contributed by atoms with Crippen molar-refractivity contribution in [2.45, 2.75) is 87.4 Å². The van der Waals surface area contributed by atoms with E-state index in [1.54, 1.807) is 23.1 Å². The van der Waals surface area contributed by atoms with Crippen LogP contribution in [0.25, 0.3) is 0 Å². The van der Waals surface area contributed by atoms with E-state index in [9.17, 15) is 5.11 Å². The Balaban J connectivity index is 1.53. The largest absolute Gasteiger partial charge is 0.389 e. The molecule has 26 heavy (non-hydrogen) atoms. The molecule has 2 aliphatic rings. The van der Waals surface area contributed by atoms with E-state index < -0.39 is 5.60 Å². The van der Waals surface area contributed by atoms with E-state index in [4.69, 9.17) is 0 Å². The maximum Gasteiger partial charge on any atom is 0.191 e. The van der Waals surface area contributed by atoms with Crippen LogP contribution < -0.4 is 0 Å². The first-order valence-corrected chi connectivity index (χ1v) is 11.9. The highest BCUT2D eigenvalue weighted by Gasteiger charge is 2.31. The second-order valence-electron chi connectivity index (χ2n) is 7.89. The molecular weight excluding hydrogens is 362 g/mol. The lowest BCUT2D eigenvalue weighted by molar-refractivity contribution is 0.0272. The summed E-state index contributed by atoms with van der Waals surface area (Å²) >= 11 is 3.51. The molecule has 2 fully saturated rings. The first-order chi connectivity index (χ1) is 12.7. The molecule has 2 saturated carbocycles. The van der Waals surface area contributed by atoms with Crippen molar-refractivity contribution < 1.29 is 5.11 Å². The van der Waals surface area contributed by atoms with Gasteiger partial charge >= 0.3 is 0 Å². The zero-order valence-electron chi connectivity index (χ0n) is 15.4. The topological polar surface area (TPSA) is 50.9 Å². The highest BCUT2D eigenvalue weighted by molar-refractivity contribution is 7.99. The molecule has 0 aromatic carbocycles. The van der Waals surface area contributed by atoms with Crippen LogP contribution in [0.1, 0.15) is 81.0 Å². The summed E-state index contributed by atoms with van der Waals surface area (Å²) in [6, 6.07) is 4.81. The number of rotatable bonds is 6. The van der Waals surface area contributed by atoms with E-state index in [-0.39, 0.29) is 0 Å². The van der Waals surface area contributed by atoms with Gasteiger partial charge in [0, 0.05) is 23.1 Å². The van der Waals surface area contributed by atoms with Gasteiger partial charge in [0.05, 0.1) is 5.60 Å². The maximum atomic E-state index is 10.9. The van der Waals surface area contributed by atoms with Crippen molar-refractivity contribution in [1.29, 1.82) is 0 Å². The minimum absolute atomic E-state index is 0.514. The Morgan fingerprint density at radius 1 is 1.12 bits per heavy atom. The van der Waals surface area contributed by atoms with Crippen LogP contribution in [0.4, 0.5) is 0 Å². The molecular formula is C20H29N3OS2. The molecule has 2 aliphatic carbocycles. The van der Waals surface area contributed by atoms with Crippen molar-refractivity contribution in [3.63, 3.8) is 0 Å². The summed E-state index contributed by atoms with van der Waals surface area (Å²) < 4.78 is 2.41. The Labute approximate surface area is 164 Å². The Kier molecular flexibility index (Phi) is 6.01. The fourth-order valence-electron chi connectivity index (χ4n) is 4.35. The second kappa shape index (κ2) is 8.44. The zero-order valence-corrected chi connectivity index (χ0v) is 17.0. The van der Waals surface area contributed by atoms with Gasteiger partial charge in [-0.05, 0) is 37.1 Å². The van der Waals surface area contributed by atoms with E-state index in [0.717, 1.165) is 48.8 Å². The average molecular weight is 392 g/mol. The average Bonchev–Trinajstić information content (AvgIpc) is 3.32. The van der Waals surface area contributed by atoms with Crippen molar-refractivity contribution in [2.75, 3.05) is 5.75 Å². The Morgan fingerprint density at radius 3 is 2.62 bits per heavy atom. The van der Waals surface area contributed by atoms with Crippen molar-refractivity contribution in [3.05, 3.63) is 28.2 Å². The predicted octanol–water partition coefficient (Wildman–Crippen LogP) is 5.22. The van der Waals surface area contributed by atoms with Crippen molar-refractivity contribution in [3.8, 4) is 0 Å². The smallest absolute Gasteiger partial charge is 0.191 e. The molecule has 0 atom stereocenters. The summed E-state index contributed by atoms with van der Waals surface area (Å²) in [6.45, 7) is 0. The third-order valence-corrected chi connectivity index (χ3v) is 7.94. The van der Waals surface area contributed by atoms with E-state index in [0.29, 0.717) is 6.04 Å². The second-order valence-corrected chi connectivity index (χ2v) is 9.87.